The van der Waals surface area contributed by atoms with E-state index in [4.69, 9.17) is 9.47 Å². The largest absolute Gasteiger partial charge is 0.446 e. The minimum atomic E-state index is -0.549. The van der Waals surface area contributed by atoms with Crippen molar-refractivity contribution in [1.29, 1.82) is 0 Å². The molecule has 0 aliphatic carbocycles. The van der Waals surface area contributed by atoms with Gasteiger partial charge in [0.2, 0.25) is 0 Å². The van der Waals surface area contributed by atoms with Gasteiger partial charge in [-0.05, 0) is 44.9 Å². The van der Waals surface area contributed by atoms with E-state index in [9.17, 15) is 9.18 Å². The first-order valence-corrected chi connectivity index (χ1v) is 9.65. The summed E-state index contributed by atoms with van der Waals surface area (Å²) in [6.07, 6.45) is 4.53. The molecule has 0 spiro atoms. The third kappa shape index (κ3) is 6.06. The highest BCUT2D eigenvalue weighted by atomic mass is 19.1. The van der Waals surface area contributed by atoms with Gasteiger partial charge in [-0.2, -0.15) is 0 Å². The average molecular weight is 365 g/mol. The maximum Gasteiger partial charge on any atom is 0.312 e. The highest BCUT2D eigenvalue weighted by Crippen LogP contribution is 2.33. The van der Waals surface area contributed by atoms with E-state index in [0.29, 0.717) is 13.0 Å². The number of esters is 1. The highest BCUT2D eigenvalue weighted by Gasteiger charge is 2.38. The third-order valence-corrected chi connectivity index (χ3v) is 4.64. The van der Waals surface area contributed by atoms with Crippen molar-refractivity contribution >= 4 is 5.97 Å². The van der Waals surface area contributed by atoms with E-state index < -0.39 is 11.6 Å². The number of rotatable bonds is 8. The number of unbranched alkanes of at least 4 members (excludes halogenated alkanes) is 3. The molecule has 0 bridgehead atoms. The van der Waals surface area contributed by atoms with Gasteiger partial charge in [-0.15, -0.1) is 0 Å². The number of hydrogen-bond donors (Lipinski definition) is 1. The van der Waals surface area contributed by atoms with E-state index in [1.54, 1.807) is 12.1 Å². The fraction of sp³-hybridized carbons (Fsp3) is 0.667. The lowest BCUT2D eigenvalue weighted by Crippen LogP contribution is -2.38. The van der Waals surface area contributed by atoms with Gasteiger partial charge in [0, 0.05) is 18.9 Å². The molecule has 0 saturated carbocycles. The molecule has 1 heterocycles. The van der Waals surface area contributed by atoms with Crippen LogP contribution in [-0.4, -0.2) is 25.0 Å². The van der Waals surface area contributed by atoms with Crippen molar-refractivity contribution < 1.29 is 18.7 Å². The molecule has 1 aromatic carbocycles. The topological polar surface area (TPSA) is 47.6 Å². The van der Waals surface area contributed by atoms with Crippen LogP contribution in [0.4, 0.5) is 4.39 Å². The number of nitrogens with one attached hydrogen (secondary N) is 1. The van der Waals surface area contributed by atoms with Gasteiger partial charge in [0.05, 0.1) is 5.41 Å². The summed E-state index contributed by atoms with van der Waals surface area (Å²) in [7, 11) is 0. The number of ether oxygens (including phenoxy) is 2. The Labute approximate surface area is 156 Å². The molecule has 1 aliphatic rings. The Bertz CT molecular complexity index is 568. The maximum atomic E-state index is 13.3. The predicted molar refractivity (Wildman–Crippen MR) is 100 cm³/mol. The monoisotopic (exact) mass is 365 g/mol. The summed E-state index contributed by atoms with van der Waals surface area (Å²) in [5, 5.41) is 3.29. The molecule has 2 rings (SSSR count). The molecule has 1 saturated heterocycles. The van der Waals surface area contributed by atoms with Crippen molar-refractivity contribution in [2.24, 2.45) is 5.41 Å². The Balaban J connectivity index is 2.00. The molecule has 1 aromatic rings. The predicted octanol–water partition coefficient (Wildman–Crippen LogP) is 4.74. The van der Waals surface area contributed by atoms with Gasteiger partial charge in [-0.25, -0.2) is 4.39 Å². The summed E-state index contributed by atoms with van der Waals surface area (Å²) in [6.45, 7) is 8.35. The van der Waals surface area contributed by atoms with Gasteiger partial charge in [0.25, 0.3) is 0 Å². The summed E-state index contributed by atoms with van der Waals surface area (Å²) < 4.78 is 24.9. The first-order chi connectivity index (χ1) is 12.3. The summed E-state index contributed by atoms with van der Waals surface area (Å²) in [4.78, 5) is 12.2. The zero-order valence-corrected chi connectivity index (χ0v) is 16.4. The number of carbonyl (C=O) groups is 1. The quantitative estimate of drug-likeness (QED) is 0.534. The number of carbonyl (C=O) groups excluding carboxylic acids is 1. The van der Waals surface area contributed by atoms with Crippen LogP contribution in [0.2, 0.25) is 0 Å². The zero-order chi connectivity index (χ0) is 19.2. The SMILES string of the molecule is CCCCCCOC1NC(OC(=O)C(C)(C)C)CC1c1ccc(F)cc1. The molecule has 26 heavy (non-hydrogen) atoms. The summed E-state index contributed by atoms with van der Waals surface area (Å²) in [5.41, 5.74) is 0.443. The molecule has 0 aromatic heterocycles. The minimum Gasteiger partial charge on any atom is -0.446 e. The van der Waals surface area contributed by atoms with Gasteiger partial charge in [0.1, 0.15) is 12.0 Å². The standard InChI is InChI=1S/C21H32FNO3/c1-5-6-7-8-13-25-19-17(15-9-11-16(22)12-10-15)14-18(23-19)26-20(24)21(2,3)4/h9-12,17-19,23H,5-8,13-14H2,1-4H3. The smallest absolute Gasteiger partial charge is 0.312 e. The van der Waals surface area contributed by atoms with Gasteiger partial charge >= 0.3 is 5.97 Å². The Morgan fingerprint density at radius 3 is 2.50 bits per heavy atom. The average Bonchev–Trinajstić information content (AvgIpc) is 2.97. The lowest BCUT2D eigenvalue weighted by molar-refractivity contribution is -0.160. The van der Waals surface area contributed by atoms with E-state index >= 15 is 0 Å². The minimum absolute atomic E-state index is 0.0274. The molecule has 146 valence electrons. The van der Waals surface area contributed by atoms with Crippen LogP contribution in [0.5, 0.6) is 0 Å². The van der Waals surface area contributed by atoms with Crippen LogP contribution in [0.15, 0.2) is 24.3 Å². The normalized spacial score (nSPS) is 23.2. The van der Waals surface area contributed by atoms with Crippen molar-refractivity contribution in [1.82, 2.24) is 5.32 Å². The molecular weight excluding hydrogens is 333 g/mol. The van der Waals surface area contributed by atoms with Gasteiger partial charge in [0.15, 0.2) is 6.23 Å². The van der Waals surface area contributed by atoms with E-state index in [2.05, 4.69) is 12.2 Å². The zero-order valence-electron chi connectivity index (χ0n) is 16.4. The number of halogens is 1. The molecule has 0 radical (unpaired) electrons. The maximum absolute atomic E-state index is 13.3. The number of hydrogen-bond acceptors (Lipinski definition) is 4. The van der Waals surface area contributed by atoms with E-state index in [1.165, 1.54) is 25.0 Å². The summed E-state index contributed by atoms with van der Waals surface area (Å²) in [6, 6.07) is 6.48. The van der Waals surface area contributed by atoms with Crippen molar-refractivity contribution in [3.63, 3.8) is 0 Å². The molecule has 1 fully saturated rings. The first-order valence-electron chi connectivity index (χ1n) is 9.65. The van der Waals surface area contributed by atoms with Crippen LogP contribution in [0.25, 0.3) is 0 Å². The Hall–Kier alpha value is -1.46. The van der Waals surface area contributed by atoms with Gasteiger partial charge < -0.3 is 9.47 Å². The van der Waals surface area contributed by atoms with Crippen molar-refractivity contribution in [3.8, 4) is 0 Å². The van der Waals surface area contributed by atoms with Crippen LogP contribution in [0, 0.1) is 11.2 Å². The van der Waals surface area contributed by atoms with Crippen molar-refractivity contribution in [2.45, 2.75) is 78.2 Å². The molecule has 5 heteroatoms. The highest BCUT2D eigenvalue weighted by molar-refractivity contribution is 5.75. The molecule has 3 atom stereocenters. The van der Waals surface area contributed by atoms with Crippen LogP contribution >= 0.6 is 0 Å². The van der Waals surface area contributed by atoms with E-state index in [-0.39, 0.29) is 23.9 Å². The Kier molecular flexibility index (Phi) is 7.59. The number of benzene rings is 1. The second-order valence-electron chi connectivity index (χ2n) is 8.06. The Morgan fingerprint density at radius 2 is 1.88 bits per heavy atom. The molecule has 0 amide bonds. The van der Waals surface area contributed by atoms with Crippen LogP contribution in [0.1, 0.15) is 71.3 Å². The summed E-state index contributed by atoms with van der Waals surface area (Å²) in [5.74, 6) is -0.469. The fourth-order valence-corrected chi connectivity index (χ4v) is 3.03. The van der Waals surface area contributed by atoms with Crippen LogP contribution in [0.3, 0.4) is 0 Å². The third-order valence-electron chi connectivity index (χ3n) is 4.64. The van der Waals surface area contributed by atoms with Gasteiger partial charge in [-0.3, -0.25) is 10.1 Å². The van der Waals surface area contributed by atoms with Crippen molar-refractivity contribution in [3.05, 3.63) is 35.6 Å². The molecule has 1 aliphatic heterocycles. The Morgan fingerprint density at radius 1 is 1.19 bits per heavy atom. The fourth-order valence-electron chi connectivity index (χ4n) is 3.03. The second kappa shape index (κ2) is 9.47. The molecule has 1 N–H and O–H groups in total. The van der Waals surface area contributed by atoms with Crippen LogP contribution in [-0.2, 0) is 14.3 Å². The van der Waals surface area contributed by atoms with E-state index in [0.717, 1.165) is 18.4 Å². The second-order valence-corrected chi connectivity index (χ2v) is 8.06. The first kappa shape index (κ1) is 20.8. The molecule has 3 unspecified atom stereocenters. The lowest BCUT2D eigenvalue weighted by atomic mass is 9.96. The van der Waals surface area contributed by atoms with E-state index in [1.807, 2.05) is 20.8 Å². The summed E-state index contributed by atoms with van der Waals surface area (Å²) >= 11 is 0. The molecular formula is C21H32FNO3. The lowest BCUT2D eigenvalue weighted by Gasteiger charge is -2.21. The van der Waals surface area contributed by atoms with Gasteiger partial charge in [-0.1, -0.05) is 38.3 Å². The molecule has 4 nitrogen and oxygen atoms in total. The van der Waals surface area contributed by atoms with Crippen LogP contribution < -0.4 is 5.32 Å². The van der Waals surface area contributed by atoms with Crippen molar-refractivity contribution in [2.75, 3.05) is 6.61 Å².